The average molecular weight is 449 g/mol. The van der Waals surface area contributed by atoms with Crippen LogP contribution in [0.4, 0.5) is 34.6 Å². The van der Waals surface area contributed by atoms with E-state index in [-0.39, 0.29) is 47.9 Å². The topological polar surface area (TPSA) is 58.4 Å². The number of nitrogen functional groups attached to an aromatic ring is 1. The van der Waals surface area contributed by atoms with E-state index in [9.17, 15) is 18.0 Å². The number of nitrogens with one attached hydrogen (secondary N) is 1. The maximum Gasteiger partial charge on any atom is 0.416 e. The van der Waals surface area contributed by atoms with E-state index in [4.69, 9.17) is 12.2 Å². The lowest BCUT2D eigenvalue weighted by molar-refractivity contribution is -0.137. The van der Waals surface area contributed by atoms with Crippen LogP contribution in [-0.4, -0.2) is 12.5 Å². The molecular formula is C24H27F4N3O. The van der Waals surface area contributed by atoms with Crippen molar-refractivity contribution in [2.75, 3.05) is 22.5 Å². The molecule has 0 spiro atoms. The Hall–Kier alpha value is -3.21. The van der Waals surface area contributed by atoms with Crippen LogP contribution in [0.3, 0.4) is 0 Å². The number of amides is 1. The molecule has 0 aliphatic heterocycles. The third-order valence-electron chi connectivity index (χ3n) is 4.71. The van der Waals surface area contributed by atoms with Gasteiger partial charge in [0.15, 0.2) is 5.82 Å². The number of halogens is 4. The summed E-state index contributed by atoms with van der Waals surface area (Å²) in [5, 5.41) is 2.67. The maximum absolute atomic E-state index is 15.2. The standard InChI is InChI=1S/C24H27F4N3O/c1-6-11-31(14-16-7-9-17(10-8-16)24(26,27)28)18-12-15(2)22(21(29)20(18)25)30-19(32)13-23(3,4)5/h1,7-10,12H,11,13-14,29H2,2-5H3,(H,30,32). The fourth-order valence-electron chi connectivity index (χ4n) is 3.22. The van der Waals surface area contributed by atoms with Crippen molar-refractivity contribution in [1.82, 2.24) is 0 Å². The fourth-order valence-corrected chi connectivity index (χ4v) is 3.22. The molecule has 172 valence electrons. The largest absolute Gasteiger partial charge is 0.416 e. The van der Waals surface area contributed by atoms with Crippen LogP contribution in [0, 0.1) is 30.5 Å². The summed E-state index contributed by atoms with van der Waals surface area (Å²) in [4.78, 5) is 13.8. The number of hydrogen-bond acceptors (Lipinski definition) is 3. The van der Waals surface area contributed by atoms with E-state index in [0.29, 0.717) is 11.1 Å². The monoisotopic (exact) mass is 449 g/mol. The molecule has 0 saturated heterocycles. The number of nitrogens with two attached hydrogens (primary N) is 1. The molecule has 0 heterocycles. The predicted molar refractivity (Wildman–Crippen MR) is 120 cm³/mol. The van der Waals surface area contributed by atoms with Crippen molar-refractivity contribution < 1.29 is 22.4 Å². The van der Waals surface area contributed by atoms with Gasteiger partial charge in [0.25, 0.3) is 0 Å². The molecule has 1 amide bonds. The number of carbonyl (C=O) groups excluding carboxylic acids is 1. The lowest BCUT2D eigenvalue weighted by Crippen LogP contribution is -2.25. The average Bonchev–Trinajstić information content (AvgIpc) is 2.66. The Morgan fingerprint density at radius 2 is 1.78 bits per heavy atom. The van der Waals surface area contributed by atoms with Gasteiger partial charge in [-0.3, -0.25) is 4.79 Å². The van der Waals surface area contributed by atoms with Crippen molar-refractivity contribution in [2.24, 2.45) is 5.41 Å². The van der Waals surface area contributed by atoms with Gasteiger partial charge in [0, 0.05) is 13.0 Å². The van der Waals surface area contributed by atoms with Gasteiger partial charge < -0.3 is 16.0 Å². The summed E-state index contributed by atoms with van der Waals surface area (Å²) >= 11 is 0. The molecule has 3 N–H and O–H groups in total. The van der Waals surface area contributed by atoms with Crippen LogP contribution in [0.5, 0.6) is 0 Å². The first-order valence-electron chi connectivity index (χ1n) is 9.96. The molecule has 0 fully saturated rings. The van der Waals surface area contributed by atoms with Crippen LogP contribution < -0.4 is 16.0 Å². The molecule has 4 nitrogen and oxygen atoms in total. The summed E-state index contributed by atoms with van der Waals surface area (Å²) < 4.78 is 53.6. The zero-order chi connectivity index (χ0) is 24.3. The van der Waals surface area contributed by atoms with Crippen LogP contribution in [-0.2, 0) is 17.5 Å². The highest BCUT2D eigenvalue weighted by atomic mass is 19.4. The number of benzene rings is 2. The number of hydrogen-bond donors (Lipinski definition) is 2. The van der Waals surface area contributed by atoms with Gasteiger partial charge in [0.1, 0.15) is 0 Å². The van der Waals surface area contributed by atoms with E-state index >= 15 is 4.39 Å². The minimum Gasteiger partial charge on any atom is -0.395 e. The predicted octanol–water partition coefficient (Wildman–Crippen LogP) is 5.75. The summed E-state index contributed by atoms with van der Waals surface area (Å²) in [6, 6.07) is 6.09. The van der Waals surface area contributed by atoms with E-state index in [2.05, 4.69) is 11.2 Å². The van der Waals surface area contributed by atoms with Gasteiger partial charge >= 0.3 is 6.18 Å². The van der Waals surface area contributed by atoms with Gasteiger partial charge in [-0.1, -0.05) is 38.8 Å². The van der Waals surface area contributed by atoms with Gasteiger partial charge in [-0.25, -0.2) is 4.39 Å². The van der Waals surface area contributed by atoms with Crippen LogP contribution in [0.25, 0.3) is 0 Å². The van der Waals surface area contributed by atoms with E-state index in [0.717, 1.165) is 12.1 Å². The SMILES string of the molecule is C#CCN(Cc1ccc(C(F)(F)F)cc1)c1cc(C)c(NC(=O)CC(C)(C)C)c(N)c1F. The van der Waals surface area contributed by atoms with Crippen molar-refractivity contribution in [3.05, 3.63) is 52.8 Å². The number of terminal acetylenes is 1. The molecule has 0 radical (unpaired) electrons. The maximum atomic E-state index is 15.2. The highest BCUT2D eigenvalue weighted by Gasteiger charge is 2.30. The molecule has 2 rings (SSSR count). The van der Waals surface area contributed by atoms with Crippen LogP contribution in [0.2, 0.25) is 0 Å². The minimum atomic E-state index is -4.44. The Bertz CT molecular complexity index is 1020. The number of anilines is 3. The molecule has 32 heavy (non-hydrogen) atoms. The Morgan fingerprint density at radius 1 is 1.19 bits per heavy atom. The first-order valence-corrected chi connectivity index (χ1v) is 9.96. The van der Waals surface area contributed by atoms with E-state index in [1.165, 1.54) is 23.1 Å². The van der Waals surface area contributed by atoms with Gasteiger partial charge in [0.2, 0.25) is 5.91 Å². The molecule has 8 heteroatoms. The van der Waals surface area contributed by atoms with Crippen molar-refractivity contribution >= 4 is 23.0 Å². The zero-order valence-electron chi connectivity index (χ0n) is 18.5. The quantitative estimate of drug-likeness (QED) is 0.335. The van der Waals surface area contributed by atoms with Crippen molar-refractivity contribution in [1.29, 1.82) is 0 Å². The second-order valence-electron chi connectivity index (χ2n) is 8.86. The molecular weight excluding hydrogens is 422 g/mol. The Labute approximate surface area is 185 Å². The smallest absolute Gasteiger partial charge is 0.395 e. The minimum absolute atomic E-state index is 0.00650. The molecule has 0 bridgehead atoms. The third kappa shape index (κ3) is 6.39. The van der Waals surface area contributed by atoms with Gasteiger partial charge in [-0.2, -0.15) is 13.2 Å². The third-order valence-corrected chi connectivity index (χ3v) is 4.71. The highest BCUT2D eigenvalue weighted by molar-refractivity contribution is 5.96. The Morgan fingerprint density at radius 3 is 2.28 bits per heavy atom. The first-order chi connectivity index (χ1) is 14.7. The van der Waals surface area contributed by atoms with Gasteiger partial charge in [-0.15, -0.1) is 6.42 Å². The van der Waals surface area contributed by atoms with E-state index < -0.39 is 17.6 Å². The summed E-state index contributed by atoms with van der Waals surface area (Å²) in [6.07, 6.45) is 1.22. The zero-order valence-corrected chi connectivity index (χ0v) is 18.5. The molecule has 0 aliphatic carbocycles. The Kier molecular flexibility index (Phi) is 7.45. The van der Waals surface area contributed by atoms with Crippen molar-refractivity contribution in [2.45, 2.75) is 46.8 Å². The molecule has 0 aromatic heterocycles. The number of nitrogens with zero attached hydrogens (tertiary/aromatic N) is 1. The first kappa shape index (κ1) is 25.1. The highest BCUT2D eigenvalue weighted by Crippen LogP contribution is 2.35. The van der Waals surface area contributed by atoms with Crippen molar-refractivity contribution in [3.8, 4) is 12.3 Å². The second kappa shape index (κ2) is 9.51. The summed E-state index contributed by atoms with van der Waals surface area (Å²) in [7, 11) is 0. The van der Waals surface area contributed by atoms with E-state index in [1.807, 2.05) is 20.8 Å². The van der Waals surface area contributed by atoms with Gasteiger partial charge in [-0.05, 0) is 41.7 Å². The fraction of sp³-hybridized carbons (Fsp3) is 0.375. The van der Waals surface area contributed by atoms with Crippen LogP contribution >= 0.6 is 0 Å². The number of rotatable bonds is 6. The van der Waals surface area contributed by atoms with Crippen molar-refractivity contribution in [3.63, 3.8) is 0 Å². The summed E-state index contributed by atoms with van der Waals surface area (Å²) in [5.74, 6) is 1.38. The number of carbonyl (C=O) groups is 1. The molecule has 0 saturated carbocycles. The summed E-state index contributed by atoms with van der Waals surface area (Å²) in [5.41, 5.74) is 6.10. The molecule has 0 atom stereocenters. The normalized spacial score (nSPS) is 11.7. The number of aryl methyl sites for hydroxylation is 1. The second-order valence-corrected chi connectivity index (χ2v) is 8.86. The molecule has 0 unspecified atom stereocenters. The molecule has 0 aliphatic rings. The van der Waals surface area contributed by atoms with Crippen LogP contribution in [0.15, 0.2) is 30.3 Å². The molecule has 2 aromatic carbocycles. The lowest BCUT2D eigenvalue weighted by atomic mass is 9.92. The van der Waals surface area contributed by atoms with Crippen LogP contribution in [0.1, 0.15) is 43.9 Å². The number of alkyl halides is 3. The Balaban J connectivity index is 2.34. The summed E-state index contributed by atoms with van der Waals surface area (Å²) in [6.45, 7) is 7.49. The molecule has 2 aromatic rings. The lowest BCUT2D eigenvalue weighted by Gasteiger charge is -2.26. The van der Waals surface area contributed by atoms with Gasteiger partial charge in [0.05, 0.1) is 29.2 Å². The van der Waals surface area contributed by atoms with E-state index in [1.54, 1.807) is 6.92 Å².